The van der Waals surface area contributed by atoms with Gasteiger partial charge in [0.2, 0.25) is 0 Å². The van der Waals surface area contributed by atoms with Crippen LogP contribution < -0.4 is 11.1 Å². The van der Waals surface area contributed by atoms with Crippen LogP contribution in [0, 0.1) is 12.8 Å². The number of amides is 1. The number of carbonyl (C=O) groups excluding carboxylic acids is 1. The highest BCUT2D eigenvalue weighted by Crippen LogP contribution is 2.35. The Morgan fingerprint density at radius 1 is 1.62 bits per heavy atom. The van der Waals surface area contributed by atoms with Gasteiger partial charge in [-0.05, 0) is 25.7 Å². The first kappa shape index (κ1) is 14.3. The molecule has 21 heavy (non-hydrogen) atoms. The fourth-order valence-electron chi connectivity index (χ4n) is 2.78. The first-order valence-electron chi connectivity index (χ1n) is 7.15. The van der Waals surface area contributed by atoms with Gasteiger partial charge in [-0.2, -0.15) is 5.10 Å². The number of nitrogens with two attached hydrogens (primary N) is 1. The van der Waals surface area contributed by atoms with Gasteiger partial charge in [-0.3, -0.25) is 9.48 Å². The minimum absolute atomic E-state index is 0.0985. The summed E-state index contributed by atoms with van der Waals surface area (Å²) >= 11 is 1.40. The highest BCUT2D eigenvalue weighted by Gasteiger charge is 2.22. The van der Waals surface area contributed by atoms with E-state index < -0.39 is 0 Å². The summed E-state index contributed by atoms with van der Waals surface area (Å²) in [6.07, 6.45) is 2.17. The third-order valence-corrected chi connectivity index (χ3v) is 5.17. The zero-order valence-electron chi connectivity index (χ0n) is 12.3. The number of hydrogen-bond acceptors (Lipinski definition) is 5. The van der Waals surface area contributed by atoms with Crippen LogP contribution in [0.2, 0.25) is 0 Å². The van der Waals surface area contributed by atoms with E-state index in [1.54, 1.807) is 4.68 Å². The average molecular weight is 308 g/mol. The lowest BCUT2D eigenvalue weighted by Gasteiger charge is -2.22. The molecule has 1 saturated heterocycles. The minimum Gasteiger partial charge on any atom is -0.397 e. The number of hydrogen-bond donors (Lipinski definition) is 2. The lowest BCUT2D eigenvalue weighted by Crippen LogP contribution is -2.33. The molecule has 3 rings (SSSR count). The van der Waals surface area contributed by atoms with Gasteiger partial charge in [0.1, 0.15) is 9.71 Å². The van der Waals surface area contributed by atoms with Crippen LogP contribution in [0.15, 0.2) is 0 Å². The van der Waals surface area contributed by atoms with E-state index in [0.717, 1.165) is 42.0 Å². The third-order valence-electron chi connectivity index (χ3n) is 3.89. The van der Waals surface area contributed by atoms with Gasteiger partial charge in [-0.25, -0.2) is 0 Å². The van der Waals surface area contributed by atoms with Crippen molar-refractivity contribution in [1.29, 1.82) is 0 Å². The van der Waals surface area contributed by atoms with Crippen LogP contribution >= 0.6 is 11.3 Å². The number of ether oxygens (including phenoxy) is 1. The maximum absolute atomic E-state index is 12.3. The Bertz CT molecular complexity index is 670. The van der Waals surface area contributed by atoms with Crippen molar-refractivity contribution in [2.75, 3.05) is 25.5 Å². The molecule has 7 heteroatoms. The summed E-state index contributed by atoms with van der Waals surface area (Å²) in [5.41, 5.74) is 7.54. The zero-order chi connectivity index (χ0) is 15.0. The first-order valence-corrected chi connectivity index (χ1v) is 7.97. The molecule has 3 heterocycles. The summed E-state index contributed by atoms with van der Waals surface area (Å²) in [4.78, 5) is 13.9. The maximum atomic E-state index is 12.3. The Morgan fingerprint density at radius 2 is 2.43 bits per heavy atom. The molecule has 0 saturated carbocycles. The molecule has 1 fully saturated rings. The molecule has 0 radical (unpaired) electrons. The molecule has 3 N–H and O–H groups in total. The second kappa shape index (κ2) is 5.65. The Balaban J connectivity index is 1.75. The summed E-state index contributed by atoms with van der Waals surface area (Å²) in [7, 11) is 1.87. The molecule has 1 amide bonds. The highest BCUT2D eigenvalue weighted by atomic mass is 32.1. The predicted molar refractivity (Wildman–Crippen MR) is 83.6 cm³/mol. The quantitative estimate of drug-likeness (QED) is 0.904. The fourth-order valence-corrected chi connectivity index (χ4v) is 3.89. The fraction of sp³-hybridized carbons (Fsp3) is 0.571. The van der Waals surface area contributed by atoms with E-state index in [4.69, 9.17) is 10.5 Å². The van der Waals surface area contributed by atoms with Crippen LogP contribution in [0.3, 0.4) is 0 Å². The molecule has 114 valence electrons. The molecule has 6 nitrogen and oxygen atoms in total. The van der Waals surface area contributed by atoms with E-state index >= 15 is 0 Å². The average Bonchev–Trinajstić information content (AvgIpc) is 2.97. The number of aryl methyl sites for hydroxylation is 2. The van der Waals surface area contributed by atoms with Gasteiger partial charge in [0.05, 0.1) is 23.4 Å². The van der Waals surface area contributed by atoms with Crippen molar-refractivity contribution in [3.8, 4) is 0 Å². The molecule has 0 spiro atoms. The molecular formula is C14H20N4O2S. The van der Waals surface area contributed by atoms with Gasteiger partial charge in [0.25, 0.3) is 5.91 Å². The monoisotopic (exact) mass is 308 g/mol. The van der Waals surface area contributed by atoms with E-state index in [0.29, 0.717) is 23.0 Å². The van der Waals surface area contributed by atoms with Gasteiger partial charge in [0, 0.05) is 20.2 Å². The Kier molecular flexibility index (Phi) is 3.86. The van der Waals surface area contributed by atoms with Crippen molar-refractivity contribution in [2.24, 2.45) is 13.0 Å². The van der Waals surface area contributed by atoms with Gasteiger partial charge >= 0.3 is 0 Å². The summed E-state index contributed by atoms with van der Waals surface area (Å²) in [5.74, 6) is 0.306. The third kappa shape index (κ3) is 2.63. The maximum Gasteiger partial charge on any atom is 0.263 e. The Labute approximate surface area is 127 Å². The number of rotatable bonds is 3. The standard InChI is InChI=1S/C14H20N4O2S/c1-8-10-11(15)12(21-14(10)18(2)17-8)13(19)16-6-9-4-3-5-20-7-9/h9H,3-7,15H2,1-2H3,(H,16,19). The van der Waals surface area contributed by atoms with Crippen LogP contribution in [0.25, 0.3) is 10.2 Å². The molecule has 0 aliphatic carbocycles. The highest BCUT2D eigenvalue weighted by molar-refractivity contribution is 7.21. The molecular weight excluding hydrogens is 288 g/mol. The zero-order valence-corrected chi connectivity index (χ0v) is 13.1. The smallest absolute Gasteiger partial charge is 0.263 e. The topological polar surface area (TPSA) is 82.2 Å². The van der Waals surface area contributed by atoms with Crippen LogP contribution in [0.1, 0.15) is 28.2 Å². The number of carbonyl (C=O) groups is 1. The van der Waals surface area contributed by atoms with Gasteiger partial charge in [-0.15, -0.1) is 11.3 Å². The van der Waals surface area contributed by atoms with Crippen LogP contribution in [-0.4, -0.2) is 35.4 Å². The van der Waals surface area contributed by atoms with Crippen molar-refractivity contribution < 1.29 is 9.53 Å². The number of nitrogens with zero attached hydrogens (tertiary/aromatic N) is 2. The number of fused-ring (bicyclic) bond motifs is 1. The number of anilines is 1. The predicted octanol–water partition coefficient (Wildman–Crippen LogP) is 1.68. The molecule has 0 aromatic carbocycles. The van der Waals surface area contributed by atoms with E-state index in [2.05, 4.69) is 10.4 Å². The Morgan fingerprint density at radius 3 is 3.10 bits per heavy atom. The van der Waals surface area contributed by atoms with Crippen molar-refractivity contribution >= 4 is 33.1 Å². The van der Waals surface area contributed by atoms with E-state index in [1.807, 2.05) is 14.0 Å². The van der Waals surface area contributed by atoms with E-state index in [1.165, 1.54) is 11.3 Å². The van der Waals surface area contributed by atoms with Crippen LogP contribution in [0.4, 0.5) is 5.69 Å². The van der Waals surface area contributed by atoms with Gasteiger partial charge < -0.3 is 15.8 Å². The van der Waals surface area contributed by atoms with Gasteiger partial charge in [0.15, 0.2) is 0 Å². The van der Waals surface area contributed by atoms with Crippen molar-refractivity contribution in [2.45, 2.75) is 19.8 Å². The summed E-state index contributed by atoms with van der Waals surface area (Å²) in [5, 5.41) is 8.21. The second-order valence-corrected chi connectivity index (χ2v) is 6.53. The molecule has 1 aliphatic rings. The van der Waals surface area contributed by atoms with Crippen molar-refractivity contribution in [1.82, 2.24) is 15.1 Å². The van der Waals surface area contributed by atoms with Crippen molar-refractivity contribution in [3.05, 3.63) is 10.6 Å². The molecule has 2 aromatic heterocycles. The van der Waals surface area contributed by atoms with E-state index in [-0.39, 0.29) is 5.91 Å². The lowest BCUT2D eigenvalue weighted by molar-refractivity contribution is 0.0537. The summed E-state index contributed by atoms with van der Waals surface area (Å²) < 4.78 is 7.20. The second-order valence-electron chi connectivity index (χ2n) is 5.53. The van der Waals surface area contributed by atoms with E-state index in [9.17, 15) is 4.79 Å². The molecule has 1 atom stereocenters. The lowest BCUT2D eigenvalue weighted by atomic mass is 10.0. The summed E-state index contributed by atoms with van der Waals surface area (Å²) in [6, 6.07) is 0. The molecule has 0 bridgehead atoms. The van der Waals surface area contributed by atoms with Crippen molar-refractivity contribution in [3.63, 3.8) is 0 Å². The number of nitrogen functional groups attached to an aromatic ring is 1. The number of nitrogens with one attached hydrogen (secondary N) is 1. The van der Waals surface area contributed by atoms with Crippen LogP contribution in [-0.2, 0) is 11.8 Å². The molecule has 2 aromatic rings. The van der Waals surface area contributed by atoms with Crippen LogP contribution in [0.5, 0.6) is 0 Å². The largest absolute Gasteiger partial charge is 0.397 e. The SMILES string of the molecule is Cc1nn(C)c2sc(C(=O)NCC3CCCOC3)c(N)c12. The number of thiophene rings is 1. The Hall–Kier alpha value is -1.60. The number of aromatic nitrogens is 2. The van der Waals surface area contributed by atoms with Gasteiger partial charge in [-0.1, -0.05) is 0 Å². The molecule has 1 unspecified atom stereocenters. The molecule has 1 aliphatic heterocycles. The normalized spacial score (nSPS) is 19.0. The minimum atomic E-state index is -0.0985. The summed E-state index contributed by atoms with van der Waals surface area (Å²) in [6.45, 7) is 4.11. The first-order chi connectivity index (χ1) is 10.1.